The maximum absolute atomic E-state index is 6.99. The molecular formula is C7H10CoN3. The van der Waals surface area contributed by atoms with Gasteiger partial charge in [0.2, 0.25) is 0 Å². The molecule has 62 valence electrons. The predicted octanol–water partition coefficient (Wildman–Crippen LogP) is 1.65. The average Bonchev–Trinajstić information content (AvgIpc) is 2.10. The van der Waals surface area contributed by atoms with Crippen molar-refractivity contribution in [3.05, 3.63) is 37.6 Å². The van der Waals surface area contributed by atoms with Gasteiger partial charge in [0.15, 0.2) is 0 Å². The van der Waals surface area contributed by atoms with Crippen molar-refractivity contribution in [2.75, 3.05) is 0 Å². The summed E-state index contributed by atoms with van der Waals surface area (Å²) in [6.07, 6.45) is 1.60. The maximum atomic E-state index is 6.99. The standard InChI is InChI=1S/C5H4N.C2H4.Co.2HN/c1-2-4-6-5-3-1;1-2;;;/h1-4H;1-2H2;;2*1H. The van der Waals surface area contributed by atoms with Gasteiger partial charge < -0.3 is 0 Å². The molecule has 0 aliphatic heterocycles. The van der Waals surface area contributed by atoms with Crippen LogP contribution < -0.4 is 4.63 Å². The summed E-state index contributed by atoms with van der Waals surface area (Å²) < 4.78 is 14.5. The Bertz CT molecular complexity index is 258. The molecule has 1 rings (SSSR count). The van der Waals surface area contributed by atoms with E-state index in [9.17, 15) is 0 Å². The third-order valence-corrected chi connectivity index (χ3v) is 1.63. The molecule has 1 heterocycles. The Kier molecular flexibility index (Phi) is 5.23. The topological polar surface area (TPSA) is 60.6 Å². The molecule has 0 bridgehead atoms. The van der Waals surface area contributed by atoms with Crippen LogP contribution in [-0.4, -0.2) is 4.98 Å². The Labute approximate surface area is 69.7 Å². The van der Waals surface area contributed by atoms with E-state index in [2.05, 4.69) is 18.1 Å². The fraction of sp³-hybridized carbons (Fsp3) is 0. The molecule has 0 aliphatic carbocycles. The van der Waals surface area contributed by atoms with Gasteiger partial charge in [-0.25, -0.2) is 0 Å². The zero-order valence-corrected chi connectivity index (χ0v) is 7.05. The first kappa shape index (κ1) is 10.00. The molecular weight excluding hydrogens is 185 g/mol. The van der Waals surface area contributed by atoms with Gasteiger partial charge in [-0.15, -0.1) is 13.2 Å². The Morgan fingerprint density at radius 3 is 2.18 bits per heavy atom. The fourth-order valence-corrected chi connectivity index (χ4v) is 0.919. The number of hydrogen-bond donors (Lipinski definition) is 2. The van der Waals surface area contributed by atoms with Crippen LogP contribution in [0.1, 0.15) is 0 Å². The zero-order valence-electron chi connectivity index (χ0n) is 6.00. The van der Waals surface area contributed by atoms with Gasteiger partial charge in [-0.1, -0.05) is 0 Å². The molecule has 0 radical (unpaired) electrons. The summed E-state index contributed by atoms with van der Waals surface area (Å²) in [6, 6.07) is 5.27. The summed E-state index contributed by atoms with van der Waals surface area (Å²) >= 11 is -1.49. The van der Waals surface area contributed by atoms with Gasteiger partial charge in [-0.05, 0) is 0 Å². The van der Waals surface area contributed by atoms with Gasteiger partial charge in [0.25, 0.3) is 0 Å². The molecule has 11 heavy (non-hydrogen) atoms. The molecule has 0 amide bonds. The van der Waals surface area contributed by atoms with Crippen LogP contribution in [0.15, 0.2) is 37.6 Å². The van der Waals surface area contributed by atoms with Gasteiger partial charge in [0.05, 0.1) is 0 Å². The first-order valence-electron chi connectivity index (χ1n) is 2.77. The molecule has 1 aromatic rings. The van der Waals surface area contributed by atoms with Crippen LogP contribution in [0.3, 0.4) is 0 Å². The van der Waals surface area contributed by atoms with Crippen molar-refractivity contribution in [1.29, 1.82) is 8.82 Å². The number of hydrogen-bond acceptors (Lipinski definition) is 3. The molecule has 0 atom stereocenters. The van der Waals surface area contributed by atoms with Crippen LogP contribution in [0.25, 0.3) is 0 Å². The molecule has 4 heteroatoms. The van der Waals surface area contributed by atoms with Gasteiger partial charge >= 0.3 is 56.1 Å². The molecule has 0 saturated heterocycles. The van der Waals surface area contributed by atoms with E-state index in [0.29, 0.717) is 4.63 Å². The fourth-order valence-electron chi connectivity index (χ4n) is 0.433. The van der Waals surface area contributed by atoms with Crippen molar-refractivity contribution in [2.45, 2.75) is 0 Å². The summed E-state index contributed by atoms with van der Waals surface area (Å²) in [5.74, 6) is 0. The van der Waals surface area contributed by atoms with E-state index in [1.807, 2.05) is 0 Å². The second-order valence-electron chi connectivity index (χ2n) is 1.38. The number of rotatable bonds is 1. The minimum absolute atomic E-state index is 0.560. The van der Waals surface area contributed by atoms with Crippen LogP contribution in [0.2, 0.25) is 0 Å². The number of nitrogens with zero attached hydrogens (tertiary/aromatic N) is 1. The first-order chi connectivity index (χ1) is 5.30. The van der Waals surface area contributed by atoms with E-state index >= 15 is 0 Å². The van der Waals surface area contributed by atoms with Gasteiger partial charge in [0.1, 0.15) is 0 Å². The van der Waals surface area contributed by atoms with Crippen molar-refractivity contribution < 1.29 is 13.3 Å². The van der Waals surface area contributed by atoms with Gasteiger partial charge in [0, 0.05) is 0 Å². The molecule has 3 nitrogen and oxygen atoms in total. The molecule has 0 fully saturated rings. The molecule has 0 aliphatic rings. The zero-order chi connectivity index (χ0) is 8.69. The van der Waals surface area contributed by atoms with Crippen molar-refractivity contribution in [3.8, 4) is 0 Å². The van der Waals surface area contributed by atoms with Crippen LogP contribution in [-0.2, 0) is 13.3 Å². The number of pyridine rings is 1. The van der Waals surface area contributed by atoms with Crippen molar-refractivity contribution in [3.63, 3.8) is 0 Å². The van der Waals surface area contributed by atoms with Crippen molar-refractivity contribution in [2.24, 2.45) is 0 Å². The van der Waals surface area contributed by atoms with Crippen molar-refractivity contribution >= 4 is 4.63 Å². The number of nitrogens with one attached hydrogen (secondary N) is 2. The van der Waals surface area contributed by atoms with E-state index in [0.717, 1.165) is 0 Å². The van der Waals surface area contributed by atoms with Gasteiger partial charge in [-0.3, -0.25) is 0 Å². The Balaban J connectivity index is 0.000000461. The third kappa shape index (κ3) is 3.64. The van der Waals surface area contributed by atoms with Crippen LogP contribution in [0.4, 0.5) is 0 Å². The SMILES string of the molecule is C=C.[NH]=[Co](=[NH])[c]1ccccn1. The molecule has 2 N–H and O–H groups in total. The minimum atomic E-state index is -1.49. The first-order valence-corrected chi connectivity index (χ1v) is 4.33. The van der Waals surface area contributed by atoms with E-state index in [1.165, 1.54) is 0 Å². The normalized spacial score (nSPS) is 9.27. The Morgan fingerprint density at radius 2 is 1.91 bits per heavy atom. The number of aromatic nitrogens is 1. The predicted molar refractivity (Wildman–Crippen MR) is 40.6 cm³/mol. The van der Waals surface area contributed by atoms with Crippen LogP contribution in [0.5, 0.6) is 0 Å². The van der Waals surface area contributed by atoms with Crippen LogP contribution in [0, 0.1) is 8.82 Å². The van der Waals surface area contributed by atoms with E-state index in [-0.39, 0.29) is 0 Å². The second-order valence-corrected chi connectivity index (χ2v) is 2.69. The molecule has 0 aromatic carbocycles. The Morgan fingerprint density at radius 1 is 1.27 bits per heavy atom. The second kappa shape index (κ2) is 5.76. The van der Waals surface area contributed by atoms with E-state index < -0.39 is 13.3 Å². The average molecular weight is 195 g/mol. The summed E-state index contributed by atoms with van der Waals surface area (Å²) in [5.41, 5.74) is 0. The van der Waals surface area contributed by atoms with Crippen LogP contribution >= 0.6 is 0 Å². The Hall–Kier alpha value is -1.00. The third-order valence-electron chi connectivity index (χ3n) is 0.786. The quantitative estimate of drug-likeness (QED) is 0.657. The summed E-state index contributed by atoms with van der Waals surface area (Å²) in [4.78, 5) is 3.83. The van der Waals surface area contributed by atoms with E-state index in [1.54, 1.807) is 24.4 Å². The summed E-state index contributed by atoms with van der Waals surface area (Å²) in [7, 11) is 0. The van der Waals surface area contributed by atoms with Gasteiger partial charge in [-0.2, -0.15) is 0 Å². The summed E-state index contributed by atoms with van der Waals surface area (Å²) in [6.45, 7) is 6.00. The monoisotopic (exact) mass is 195 g/mol. The molecule has 0 saturated carbocycles. The molecule has 0 spiro atoms. The summed E-state index contributed by atoms with van der Waals surface area (Å²) in [5, 5.41) is 0. The molecule has 0 unspecified atom stereocenters. The van der Waals surface area contributed by atoms with Crippen molar-refractivity contribution in [1.82, 2.24) is 4.98 Å². The molecule has 1 aromatic heterocycles. The van der Waals surface area contributed by atoms with E-state index in [4.69, 9.17) is 8.82 Å².